The molecule has 2 heteroatoms. The molecule has 2 heterocycles. The van der Waals surface area contributed by atoms with Gasteiger partial charge in [-0.2, -0.15) is 0 Å². The predicted molar refractivity (Wildman–Crippen MR) is 190 cm³/mol. The van der Waals surface area contributed by atoms with Crippen molar-refractivity contribution in [3.8, 4) is 33.4 Å². The number of rotatable bonds is 3. The first kappa shape index (κ1) is 25.5. The molecule has 0 N–H and O–H groups in total. The van der Waals surface area contributed by atoms with Crippen LogP contribution < -0.4 is 4.90 Å². The number of benzene rings is 7. The Morgan fingerprint density at radius 3 is 1.91 bits per heavy atom. The number of fused-ring (bicyclic) bond motifs is 8. The van der Waals surface area contributed by atoms with Gasteiger partial charge in [-0.15, -0.1) is 0 Å². The van der Waals surface area contributed by atoms with E-state index in [9.17, 15) is 0 Å². The second-order valence-electron chi connectivity index (χ2n) is 12.7. The van der Waals surface area contributed by atoms with Crippen molar-refractivity contribution >= 4 is 39.0 Å². The van der Waals surface area contributed by atoms with Crippen LogP contribution in [0.3, 0.4) is 0 Å². The lowest BCUT2D eigenvalue weighted by molar-refractivity contribution is 0.668. The van der Waals surface area contributed by atoms with Crippen LogP contribution >= 0.6 is 0 Å². The summed E-state index contributed by atoms with van der Waals surface area (Å²) in [6.45, 7) is 2.42. The highest BCUT2D eigenvalue weighted by molar-refractivity contribution is 6.09. The molecule has 1 unspecified atom stereocenters. The standard InChI is InChI=1S/C44H29NO/c1-44-37-24-21-31(29-13-6-3-7-14-29)25-40(37)45(32-22-19-30(20-23-32)28-11-4-2-5-12-28)39-17-10-16-34(43(39)44)35-27-42-36(26-38(35)44)33-15-8-9-18-41(33)46-42/h2-27H,1H3. The van der Waals surface area contributed by atoms with Crippen molar-refractivity contribution in [3.63, 3.8) is 0 Å². The zero-order valence-corrected chi connectivity index (χ0v) is 25.4. The maximum absolute atomic E-state index is 6.40. The molecule has 1 aliphatic heterocycles. The number of para-hydroxylation sites is 1. The molecule has 2 aliphatic rings. The molecule has 0 fully saturated rings. The van der Waals surface area contributed by atoms with Crippen molar-refractivity contribution in [1.82, 2.24) is 0 Å². The zero-order chi connectivity index (χ0) is 30.4. The number of nitrogens with zero attached hydrogens (tertiary/aromatic N) is 1. The largest absolute Gasteiger partial charge is 0.456 e. The summed E-state index contributed by atoms with van der Waals surface area (Å²) in [6, 6.07) is 57.3. The lowest BCUT2D eigenvalue weighted by Crippen LogP contribution is -2.32. The molecule has 46 heavy (non-hydrogen) atoms. The van der Waals surface area contributed by atoms with E-state index in [0.29, 0.717) is 0 Å². The van der Waals surface area contributed by atoms with Gasteiger partial charge in [-0.1, -0.05) is 115 Å². The minimum Gasteiger partial charge on any atom is -0.456 e. The second-order valence-corrected chi connectivity index (χ2v) is 12.7. The summed E-state index contributed by atoms with van der Waals surface area (Å²) in [4.78, 5) is 2.47. The van der Waals surface area contributed by atoms with Gasteiger partial charge in [-0.05, 0) is 99.5 Å². The summed E-state index contributed by atoms with van der Waals surface area (Å²) in [7, 11) is 0. The molecule has 0 saturated heterocycles. The molecule has 2 nitrogen and oxygen atoms in total. The Kier molecular flexibility index (Phi) is 5.16. The first-order valence-electron chi connectivity index (χ1n) is 15.9. The van der Waals surface area contributed by atoms with Gasteiger partial charge in [0.1, 0.15) is 11.2 Å². The van der Waals surface area contributed by atoms with E-state index < -0.39 is 0 Å². The number of hydrogen-bond donors (Lipinski definition) is 0. The maximum atomic E-state index is 6.40. The third kappa shape index (κ3) is 3.41. The molecular weight excluding hydrogens is 558 g/mol. The van der Waals surface area contributed by atoms with Gasteiger partial charge < -0.3 is 9.32 Å². The van der Waals surface area contributed by atoms with Gasteiger partial charge in [0.25, 0.3) is 0 Å². The molecule has 7 aromatic carbocycles. The predicted octanol–water partition coefficient (Wildman–Crippen LogP) is 12.0. The summed E-state index contributed by atoms with van der Waals surface area (Å²) >= 11 is 0. The van der Waals surface area contributed by atoms with Crippen LogP contribution in [0, 0.1) is 0 Å². The Hall–Kier alpha value is -5.86. The highest BCUT2D eigenvalue weighted by Crippen LogP contribution is 2.63. The van der Waals surface area contributed by atoms with E-state index >= 15 is 0 Å². The normalized spacial score (nSPS) is 16.0. The quantitative estimate of drug-likeness (QED) is 0.204. The number of anilines is 3. The van der Waals surface area contributed by atoms with Gasteiger partial charge >= 0.3 is 0 Å². The van der Waals surface area contributed by atoms with Crippen molar-refractivity contribution in [1.29, 1.82) is 0 Å². The lowest BCUT2D eigenvalue weighted by Gasteiger charge is -2.42. The first-order valence-corrected chi connectivity index (χ1v) is 15.9. The summed E-state index contributed by atoms with van der Waals surface area (Å²) in [5, 5.41) is 2.34. The maximum Gasteiger partial charge on any atom is 0.136 e. The molecule has 1 aromatic heterocycles. The van der Waals surface area contributed by atoms with Gasteiger partial charge in [0.15, 0.2) is 0 Å². The lowest BCUT2D eigenvalue weighted by atomic mass is 9.70. The van der Waals surface area contributed by atoms with Crippen LogP contribution in [0.2, 0.25) is 0 Å². The Morgan fingerprint density at radius 1 is 0.457 bits per heavy atom. The van der Waals surface area contributed by atoms with Crippen molar-refractivity contribution in [2.24, 2.45) is 0 Å². The van der Waals surface area contributed by atoms with Gasteiger partial charge in [0, 0.05) is 21.9 Å². The van der Waals surface area contributed by atoms with E-state index in [0.717, 1.165) is 22.2 Å². The molecule has 1 atom stereocenters. The highest BCUT2D eigenvalue weighted by Gasteiger charge is 2.48. The minimum atomic E-state index is -0.334. The second kappa shape index (κ2) is 9.32. The zero-order valence-electron chi connectivity index (χ0n) is 25.4. The van der Waals surface area contributed by atoms with Crippen LogP contribution in [0.25, 0.3) is 55.3 Å². The van der Waals surface area contributed by atoms with Crippen LogP contribution in [0.15, 0.2) is 162 Å². The van der Waals surface area contributed by atoms with Gasteiger partial charge in [-0.25, -0.2) is 0 Å². The molecule has 0 saturated carbocycles. The molecule has 1 aliphatic carbocycles. The Balaban J connectivity index is 1.25. The van der Waals surface area contributed by atoms with Crippen LogP contribution in [-0.2, 0) is 5.41 Å². The fraction of sp³-hybridized carbons (Fsp3) is 0.0455. The van der Waals surface area contributed by atoms with Gasteiger partial charge in [0.05, 0.1) is 11.4 Å². The number of hydrogen-bond acceptors (Lipinski definition) is 2. The molecule has 0 spiro atoms. The SMILES string of the molecule is CC12c3cc4c(cc3-c3cccc(c31)N(c1ccc(-c3ccccc3)cc1)c1cc(-c3ccccc3)ccc12)oc1ccccc14. The Morgan fingerprint density at radius 2 is 1.13 bits per heavy atom. The van der Waals surface area contributed by atoms with Crippen LogP contribution in [0.4, 0.5) is 17.1 Å². The van der Waals surface area contributed by atoms with Gasteiger partial charge in [-0.3, -0.25) is 0 Å². The van der Waals surface area contributed by atoms with E-state index in [-0.39, 0.29) is 5.41 Å². The highest BCUT2D eigenvalue weighted by atomic mass is 16.3. The summed E-state index contributed by atoms with van der Waals surface area (Å²) in [5.41, 5.74) is 16.5. The molecule has 0 radical (unpaired) electrons. The smallest absolute Gasteiger partial charge is 0.136 e. The third-order valence-electron chi connectivity index (χ3n) is 10.2. The van der Waals surface area contributed by atoms with Crippen LogP contribution in [-0.4, -0.2) is 0 Å². The topological polar surface area (TPSA) is 16.4 Å². The van der Waals surface area contributed by atoms with Crippen molar-refractivity contribution < 1.29 is 4.42 Å². The van der Waals surface area contributed by atoms with Crippen LogP contribution in [0.5, 0.6) is 0 Å². The fourth-order valence-electron chi connectivity index (χ4n) is 8.09. The number of furan rings is 1. The van der Waals surface area contributed by atoms with E-state index in [1.165, 1.54) is 66.8 Å². The molecular formula is C44H29NO. The van der Waals surface area contributed by atoms with Crippen LogP contribution in [0.1, 0.15) is 23.6 Å². The Bertz CT molecular complexity index is 2470. The van der Waals surface area contributed by atoms with E-state index in [1.807, 2.05) is 6.07 Å². The first-order chi connectivity index (χ1) is 22.7. The van der Waals surface area contributed by atoms with E-state index in [2.05, 4.69) is 163 Å². The Labute approximate surface area is 267 Å². The molecule has 8 aromatic rings. The molecule has 0 bridgehead atoms. The molecule has 10 rings (SSSR count). The molecule has 216 valence electrons. The fourth-order valence-corrected chi connectivity index (χ4v) is 8.09. The monoisotopic (exact) mass is 587 g/mol. The molecule has 0 amide bonds. The average molecular weight is 588 g/mol. The average Bonchev–Trinajstić information content (AvgIpc) is 3.61. The minimum absolute atomic E-state index is 0.334. The van der Waals surface area contributed by atoms with E-state index in [4.69, 9.17) is 4.42 Å². The summed E-state index contributed by atoms with van der Waals surface area (Å²) < 4.78 is 6.40. The van der Waals surface area contributed by atoms with Crippen molar-refractivity contribution in [3.05, 3.63) is 174 Å². The van der Waals surface area contributed by atoms with Crippen molar-refractivity contribution in [2.45, 2.75) is 12.3 Å². The summed E-state index contributed by atoms with van der Waals surface area (Å²) in [5.74, 6) is 0. The van der Waals surface area contributed by atoms with Gasteiger partial charge in [0.2, 0.25) is 0 Å². The van der Waals surface area contributed by atoms with Crippen molar-refractivity contribution in [2.75, 3.05) is 4.90 Å². The van der Waals surface area contributed by atoms with E-state index in [1.54, 1.807) is 0 Å². The summed E-state index contributed by atoms with van der Waals surface area (Å²) in [6.07, 6.45) is 0. The third-order valence-corrected chi connectivity index (χ3v) is 10.2.